The van der Waals surface area contributed by atoms with Gasteiger partial charge in [0.15, 0.2) is 0 Å². The molecule has 0 aromatic rings. The summed E-state index contributed by atoms with van der Waals surface area (Å²) in [4.78, 5) is 0. The Bertz CT molecular complexity index is 131. The van der Waals surface area contributed by atoms with Crippen LogP contribution in [0.3, 0.4) is 0 Å². The Morgan fingerprint density at radius 2 is 1.86 bits per heavy atom. The van der Waals surface area contributed by atoms with Crippen molar-refractivity contribution >= 4 is 0 Å². The third-order valence-electron chi connectivity index (χ3n) is 1.50. The highest BCUT2D eigenvalue weighted by Crippen LogP contribution is 2.14. The number of hydrogen-bond donors (Lipinski definition) is 2. The predicted octanol–water partition coefficient (Wildman–Crippen LogP) is 0.419. The fourth-order valence-electron chi connectivity index (χ4n) is 0.801. The number of aliphatic hydroxyl groups excluding tert-OH is 2. The van der Waals surface area contributed by atoms with Crippen molar-refractivity contribution in [3.8, 4) is 0 Å². The maximum Gasteiger partial charge on any atom is 0.104 e. The van der Waals surface area contributed by atoms with E-state index >= 15 is 0 Å². The highest BCUT2D eigenvalue weighted by atomic mass is 16.5. The summed E-state index contributed by atoms with van der Waals surface area (Å²) in [5, 5.41) is 17.4. The fraction of sp³-hybridized carbons (Fsp3) is 1.00. The molecule has 0 aliphatic heterocycles. The molecule has 0 amide bonds. The fourth-order valence-corrected chi connectivity index (χ4v) is 0.801. The summed E-state index contributed by atoms with van der Waals surface area (Å²) in [6.07, 6.45) is -0.291. The van der Waals surface area contributed by atoms with E-state index in [1.165, 1.54) is 0 Å². The molecule has 1 atom stereocenters. The Kier molecular flexibility index (Phi) is 7.09. The third-order valence-corrected chi connectivity index (χ3v) is 1.50. The second kappa shape index (κ2) is 7.17. The second-order valence-corrected chi connectivity index (χ2v) is 4.47. The molecule has 86 valence electrons. The number of aliphatic hydroxyl groups is 2. The Hall–Kier alpha value is -0.160. The van der Waals surface area contributed by atoms with Gasteiger partial charge in [0.25, 0.3) is 0 Å². The predicted molar refractivity (Wildman–Crippen MR) is 54.2 cm³/mol. The van der Waals surface area contributed by atoms with Gasteiger partial charge in [0, 0.05) is 0 Å². The van der Waals surface area contributed by atoms with Crippen LogP contribution in [0, 0.1) is 5.41 Å². The first-order valence-electron chi connectivity index (χ1n) is 4.90. The monoisotopic (exact) mass is 206 g/mol. The summed E-state index contributed by atoms with van der Waals surface area (Å²) in [6, 6.07) is 0. The van der Waals surface area contributed by atoms with Crippen molar-refractivity contribution < 1.29 is 19.7 Å². The van der Waals surface area contributed by atoms with Gasteiger partial charge in [-0.3, -0.25) is 0 Å². The molecule has 0 rings (SSSR count). The second-order valence-electron chi connectivity index (χ2n) is 4.47. The summed E-state index contributed by atoms with van der Waals surface area (Å²) in [7, 11) is 0. The normalized spacial score (nSPS) is 14.4. The highest BCUT2D eigenvalue weighted by Gasteiger charge is 2.15. The molecule has 0 bridgehead atoms. The van der Waals surface area contributed by atoms with E-state index in [1.54, 1.807) is 0 Å². The van der Waals surface area contributed by atoms with Crippen LogP contribution >= 0.6 is 0 Å². The topological polar surface area (TPSA) is 58.9 Å². The Balaban J connectivity index is 3.58. The van der Waals surface area contributed by atoms with Gasteiger partial charge in [0.1, 0.15) is 6.10 Å². The van der Waals surface area contributed by atoms with Crippen LogP contribution in [-0.4, -0.2) is 49.4 Å². The van der Waals surface area contributed by atoms with Crippen LogP contribution in [0.15, 0.2) is 0 Å². The lowest BCUT2D eigenvalue weighted by molar-refractivity contribution is -0.0663. The lowest BCUT2D eigenvalue weighted by atomic mass is 9.99. The van der Waals surface area contributed by atoms with E-state index in [9.17, 15) is 0 Å². The van der Waals surface area contributed by atoms with E-state index in [0.717, 1.165) is 0 Å². The lowest BCUT2D eigenvalue weighted by Crippen LogP contribution is -2.29. The van der Waals surface area contributed by atoms with Crippen LogP contribution in [0.4, 0.5) is 0 Å². The Labute approximate surface area is 85.8 Å². The van der Waals surface area contributed by atoms with E-state index in [1.807, 2.05) is 0 Å². The highest BCUT2D eigenvalue weighted by molar-refractivity contribution is 4.62. The van der Waals surface area contributed by atoms with Gasteiger partial charge < -0.3 is 19.7 Å². The van der Waals surface area contributed by atoms with E-state index in [-0.39, 0.29) is 31.3 Å². The van der Waals surface area contributed by atoms with Crippen molar-refractivity contribution in [2.24, 2.45) is 5.41 Å². The van der Waals surface area contributed by atoms with Crippen LogP contribution in [0.25, 0.3) is 0 Å². The van der Waals surface area contributed by atoms with Gasteiger partial charge in [-0.15, -0.1) is 0 Å². The van der Waals surface area contributed by atoms with E-state index < -0.39 is 0 Å². The zero-order valence-electron chi connectivity index (χ0n) is 9.32. The minimum Gasteiger partial charge on any atom is -0.394 e. The van der Waals surface area contributed by atoms with Gasteiger partial charge in [-0.25, -0.2) is 0 Å². The Morgan fingerprint density at radius 1 is 1.21 bits per heavy atom. The number of rotatable bonds is 7. The molecular weight excluding hydrogens is 184 g/mol. The van der Waals surface area contributed by atoms with Crippen molar-refractivity contribution in [1.82, 2.24) is 0 Å². The molecule has 4 nitrogen and oxygen atoms in total. The van der Waals surface area contributed by atoms with Crippen LogP contribution in [0.5, 0.6) is 0 Å². The smallest absolute Gasteiger partial charge is 0.104 e. The van der Waals surface area contributed by atoms with Gasteiger partial charge >= 0.3 is 0 Å². The molecule has 0 saturated heterocycles. The van der Waals surface area contributed by atoms with Crippen molar-refractivity contribution in [2.75, 3.05) is 33.0 Å². The average molecular weight is 206 g/mol. The van der Waals surface area contributed by atoms with E-state index in [0.29, 0.717) is 13.2 Å². The number of ether oxygens (including phenoxy) is 2. The molecule has 4 heteroatoms. The molecular formula is C10H22O4. The molecule has 2 N–H and O–H groups in total. The van der Waals surface area contributed by atoms with Gasteiger partial charge in [-0.05, 0) is 5.41 Å². The Morgan fingerprint density at radius 3 is 2.29 bits per heavy atom. The summed E-state index contributed by atoms with van der Waals surface area (Å²) in [5.74, 6) is 0. The minimum atomic E-state index is -0.291. The molecule has 0 aliphatic carbocycles. The lowest BCUT2D eigenvalue weighted by Gasteiger charge is -2.22. The largest absolute Gasteiger partial charge is 0.394 e. The molecule has 0 saturated carbocycles. The SMILES string of the molecule is CC(C)(C)COC(CO)COCCO. The van der Waals surface area contributed by atoms with Gasteiger partial charge in [-0.1, -0.05) is 20.8 Å². The summed E-state index contributed by atoms with van der Waals surface area (Å²) in [5.41, 5.74) is 0.0877. The molecule has 14 heavy (non-hydrogen) atoms. The summed E-state index contributed by atoms with van der Waals surface area (Å²) < 4.78 is 10.5. The van der Waals surface area contributed by atoms with Gasteiger partial charge in [-0.2, -0.15) is 0 Å². The quantitative estimate of drug-likeness (QED) is 0.593. The summed E-state index contributed by atoms with van der Waals surface area (Å²) >= 11 is 0. The molecule has 0 fully saturated rings. The zero-order chi connectivity index (χ0) is 11.0. The van der Waals surface area contributed by atoms with Crippen LogP contribution in [-0.2, 0) is 9.47 Å². The standard InChI is InChI=1S/C10H22O4/c1-10(2,3)8-14-9(6-12)7-13-5-4-11/h9,11-12H,4-8H2,1-3H3. The van der Waals surface area contributed by atoms with Gasteiger partial charge in [0.05, 0.1) is 33.0 Å². The summed E-state index contributed by atoms with van der Waals surface area (Å²) in [6.45, 7) is 7.34. The molecule has 0 heterocycles. The van der Waals surface area contributed by atoms with Crippen molar-refractivity contribution in [3.63, 3.8) is 0 Å². The maximum atomic E-state index is 8.95. The molecule has 0 aromatic carbocycles. The first-order valence-corrected chi connectivity index (χ1v) is 4.90. The molecule has 0 aliphatic rings. The molecule has 0 aromatic heterocycles. The van der Waals surface area contributed by atoms with Crippen molar-refractivity contribution in [3.05, 3.63) is 0 Å². The minimum absolute atomic E-state index is 0.00256. The number of hydrogen-bond acceptors (Lipinski definition) is 4. The van der Waals surface area contributed by atoms with Gasteiger partial charge in [0.2, 0.25) is 0 Å². The van der Waals surface area contributed by atoms with E-state index in [2.05, 4.69) is 20.8 Å². The van der Waals surface area contributed by atoms with Crippen LogP contribution in [0.2, 0.25) is 0 Å². The van der Waals surface area contributed by atoms with E-state index in [4.69, 9.17) is 19.7 Å². The van der Waals surface area contributed by atoms with Crippen LogP contribution in [0.1, 0.15) is 20.8 Å². The van der Waals surface area contributed by atoms with Crippen LogP contribution < -0.4 is 0 Å². The first-order chi connectivity index (χ1) is 6.49. The molecule has 0 radical (unpaired) electrons. The zero-order valence-corrected chi connectivity index (χ0v) is 9.32. The molecule has 0 spiro atoms. The average Bonchev–Trinajstić information content (AvgIpc) is 2.09. The van der Waals surface area contributed by atoms with Crippen molar-refractivity contribution in [2.45, 2.75) is 26.9 Å². The maximum absolute atomic E-state index is 8.95. The van der Waals surface area contributed by atoms with Crippen molar-refractivity contribution in [1.29, 1.82) is 0 Å². The first kappa shape index (κ1) is 13.8. The third kappa shape index (κ3) is 8.44. The molecule has 1 unspecified atom stereocenters.